The first-order valence-electron chi connectivity index (χ1n) is 14.8. The van der Waals surface area contributed by atoms with Crippen LogP contribution in [-0.2, 0) is 29.0 Å². The van der Waals surface area contributed by atoms with Crippen molar-refractivity contribution in [1.29, 1.82) is 0 Å². The highest BCUT2D eigenvalue weighted by Crippen LogP contribution is 2.65. The van der Waals surface area contributed by atoms with Gasteiger partial charge in [0.25, 0.3) is 5.91 Å². The van der Waals surface area contributed by atoms with E-state index in [1.54, 1.807) is 31.7 Å². The molecule has 2 saturated carbocycles. The van der Waals surface area contributed by atoms with Crippen LogP contribution in [0.15, 0.2) is 12.7 Å². The van der Waals surface area contributed by atoms with Crippen LogP contribution in [-0.4, -0.2) is 72.5 Å². The summed E-state index contributed by atoms with van der Waals surface area (Å²) in [6.45, 7) is 14.9. The minimum absolute atomic E-state index is 0.00148. The van der Waals surface area contributed by atoms with Gasteiger partial charge in [0.15, 0.2) is 9.84 Å². The summed E-state index contributed by atoms with van der Waals surface area (Å²) in [5.41, 5.74) is -0.0800. The molecule has 0 aromatic heterocycles. The first kappa shape index (κ1) is 32.3. The lowest BCUT2D eigenvalue weighted by molar-refractivity contribution is -0.146. The summed E-state index contributed by atoms with van der Waals surface area (Å²) in [4.78, 5) is 54.9. The van der Waals surface area contributed by atoms with Gasteiger partial charge in [-0.2, -0.15) is 0 Å². The lowest BCUT2D eigenvalue weighted by atomic mass is 9.80. The number of likely N-dealkylation sites (tertiary alicyclic amines) is 1. The lowest BCUT2D eigenvalue weighted by Crippen LogP contribution is -2.56. The predicted octanol–water partition coefficient (Wildman–Crippen LogP) is 3.04. The fourth-order valence-corrected chi connectivity index (χ4v) is 7.55. The minimum atomic E-state index is -3.47. The Hall–Kier alpha value is -2.23. The molecule has 0 radical (unpaired) electrons. The van der Waals surface area contributed by atoms with Crippen molar-refractivity contribution >= 4 is 33.3 Å². The van der Waals surface area contributed by atoms with Crippen molar-refractivity contribution in [2.75, 3.05) is 18.8 Å². The fourth-order valence-electron chi connectivity index (χ4n) is 6.57. The molecule has 3 amide bonds. The molecule has 3 aliphatic rings. The average Bonchev–Trinajstić information content (AvgIpc) is 3.22. The number of amides is 3. The number of hydrogen-bond acceptors (Lipinski definition) is 6. The molecule has 3 rings (SSSR count). The van der Waals surface area contributed by atoms with Crippen LogP contribution >= 0.6 is 0 Å². The first-order valence-corrected chi connectivity index (χ1v) is 16.5. The van der Waals surface area contributed by atoms with Gasteiger partial charge in [-0.15, -0.1) is 6.58 Å². The van der Waals surface area contributed by atoms with E-state index in [0.717, 1.165) is 25.7 Å². The third kappa shape index (κ3) is 6.80. The molecule has 1 heterocycles. The standard InChI is InChI=1S/C30H49N3O6S/c1-8-9-15-22(25(34)27(36)31-16-17-40(38,39)29(3,4)5)32-26(35)24-23-21(30(23,6)7)18-33(24)28(37)19(2)20-13-11-10-12-14-20/h8,19-24H,1,9-18H2,2-7H3,(H,31,36)(H,32,35)/t19-,21-,22?,23-,24-/m0/s1. The molecular weight excluding hydrogens is 530 g/mol. The number of nitrogens with one attached hydrogen (secondary N) is 2. The van der Waals surface area contributed by atoms with Crippen molar-refractivity contribution in [3.05, 3.63) is 12.7 Å². The van der Waals surface area contributed by atoms with Gasteiger partial charge < -0.3 is 15.5 Å². The normalized spacial score (nSPS) is 25.9. The van der Waals surface area contributed by atoms with Gasteiger partial charge in [0.2, 0.25) is 17.6 Å². The third-order valence-corrected chi connectivity index (χ3v) is 12.2. The molecule has 3 fully saturated rings. The second-order valence-electron chi connectivity index (χ2n) is 13.6. The van der Waals surface area contributed by atoms with Gasteiger partial charge in [-0.1, -0.05) is 46.1 Å². The van der Waals surface area contributed by atoms with Crippen LogP contribution in [0.1, 0.15) is 86.5 Å². The van der Waals surface area contributed by atoms with E-state index in [-0.39, 0.29) is 47.8 Å². The van der Waals surface area contributed by atoms with E-state index < -0.39 is 44.3 Å². The third-order valence-electron chi connectivity index (χ3n) is 9.61. The molecule has 2 aliphatic carbocycles. The van der Waals surface area contributed by atoms with Gasteiger partial charge in [0, 0.05) is 19.0 Å². The van der Waals surface area contributed by atoms with E-state index in [0.29, 0.717) is 18.9 Å². The largest absolute Gasteiger partial charge is 0.348 e. The van der Waals surface area contributed by atoms with Crippen molar-refractivity contribution in [2.24, 2.45) is 29.1 Å². The number of carbonyl (C=O) groups is 4. The van der Waals surface area contributed by atoms with Gasteiger partial charge in [-0.25, -0.2) is 8.42 Å². The molecule has 0 spiro atoms. The molecule has 1 unspecified atom stereocenters. The number of nitrogens with zero attached hydrogens (tertiary/aromatic N) is 1. The zero-order valence-electron chi connectivity index (χ0n) is 25.1. The Balaban J connectivity index is 1.70. The zero-order chi connectivity index (χ0) is 30.0. The summed E-state index contributed by atoms with van der Waals surface area (Å²) in [6, 6.07) is -1.78. The number of ketones is 1. The van der Waals surface area contributed by atoms with E-state index in [4.69, 9.17) is 0 Å². The van der Waals surface area contributed by atoms with Crippen LogP contribution in [0, 0.1) is 29.1 Å². The highest BCUT2D eigenvalue weighted by atomic mass is 32.2. The van der Waals surface area contributed by atoms with E-state index in [2.05, 4.69) is 31.1 Å². The molecule has 1 aliphatic heterocycles. The Morgan fingerprint density at radius 3 is 2.30 bits per heavy atom. The van der Waals surface area contributed by atoms with Crippen molar-refractivity contribution < 1.29 is 27.6 Å². The number of sulfone groups is 1. The van der Waals surface area contributed by atoms with Crippen molar-refractivity contribution in [2.45, 2.75) is 103 Å². The number of rotatable bonds is 12. The summed E-state index contributed by atoms with van der Waals surface area (Å²) in [7, 11) is -3.47. The maximum atomic E-state index is 13.7. The Morgan fingerprint density at radius 2 is 1.73 bits per heavy atom. The van der Waals surface area contributed by atoms with E-state index in [9.17, 15) is 27.6 Å². The Bertz CT molecular complexity index is 1100. The summed E-state index contributed by atoms with van der Waals surface area (Å²) >= 11 is 0. The fraction of sp³-hybridized carbons (Fsp3) is 0.800. The molecule has 9 nitrogen and oxygen atoms in total. The quantitative estimate of drug-likeness (QED) is 0.270. The van der Waals surface area contributed by atoms with Crippen LogP contribution in [0.2, 0.25) is 0 Å². The second-order valence-corrected chi connectivity index (χ2v) is 16.4. The van der Waals surface area contributed by atoms with Gasteiger partial charge in [0.1, 0.15) is 6.04 Å². The van der Waals surface area contributed by atoms with Crippen LogP contribution in [0.3, 0.4) is 0 Å². The number of Topliss-reactive ketones (excluding diaryl/α,β-unsaturated/α-hetero) is 1. The highest BCUT2D eigenvalue weighted by molar-refractivity contribution is 7.92. The SMILES string of the molecule is C=CCCC(NC(=O)[C@@H]1[C@@H]2[C@H](CN1C(=O)[C@@H](C)C1CCCCC1)C2(C)C)C(=O)C(=O)NCCS(=O)(=O)C(C)(C)C. The molecule has 226 valence electrons. The summed E-state index contributed by atoms with van der Waals surface area (Å²) in [5.74, 6) is -2.09. The van der Waals surface area contributed by atoms with Crippen molar-refractivity contribution in [1.82, 2.24) is 15.5 Å². The van der Waals surface area contributed by atoms with Crippen molar-refractivity contribution in [3.63, 3.8) is 0 Å². The van der Waals surface area contributed by atoms with Gasteiger partial charge >= 0.3 is 0 Å². The minimum Gasteiger partial charge on any atom is -0.348 e. The molecule has 5 atom stereocenters. The molecule has 10 heteroatoms. The molecular formula is C30H49N3O6S. The monoisotopic (exact) mass is 579 g/mol. The topological polar surface area (TPSA) is 130 Å². The van der Waals surface area contributed by atoms with E-state index in [1.807, 2.05) is 6.92 Å². The van der Waals surface area contributed by atoms with Gasteiger partial charge in [-0.05, 0) is 69.6 Å². The van der Waals surface area contributed by atoms with Gasteiger partial charge in [0.05, 0.1) is 16.5 Å². The molecule has 0 aromatic carbocycles. The molecule has 40 heavy (non-hydrogen) atoms. The number of carbonyl (C=O) groups excluding carboxylic acids is 4. The lowest BCUT2D eigenvalue weighted by Gasteiger charge is -2.35. The Kier molecular flexibility index (Phi) is 9.95. The summed E-state index contributed by atoms with van der Waals surface area (Å²) in [5, 5.41) is 5.20. The number of fused-ring (bicyclic) bond motifs is 1. The predicted molar refractivity (Wildman–Crippen MR) is 155 cm³/mol. The second kappa shape index (κ2) is 12.3. The number of allylic oxidation sites excluding steroid dienone is 1. The smallest absolute Gasteiger partial charge is 0.289 e. The Morgan fingerprint density at radius 1 is 1.10 bits per heavy atom. The van der Waals surface area contributed by atoms with Crippen LogP contribution in [0.5, 0.6) is 0 Å². The van der Waals surface area contributed by atoms with Crippen molar-refractivity contribution in [3.8, 4) is 0 Å². The molecule has 0 aromatic rings. The average molecular weight is 580 g/mol. The summed E-state index contributed by atoms with van der Waals surface area (Å²) < 4.78 is 23.7. The van der Waals surface area contributed by atoms with E-state index >= 15 is 0 Å². The number of hydrogen-bond donors (Lipinski definition) is 2. The summed E-state index contributed by atoms with van der Waals surface area (Å²) in [6.07, 6.45) is 7.69. The zero-order valence-corrected chi connectivity index (χ0v) is 25.9. The number of piperidine rings is 1. The van der Waals surface area contributed by atoms with Crippen LogP contribution in [0.4, 0.5) is 0 Å². The maximum Gasteiger partial charge on any atom is 0.289 e. The maximum absolute atomic E-state index is 13.7. The first-order chi connectivity index (χ1) is 18.5. The van der Waals surface area contributed by atoms with Gasteiger partial charge in [-0.3, -0.25) is 19.2 Å². The van der Waals surface area contributed by atoms with Crippen LogP contribution in [0.25, 0.3) is 0 Å². The molecule has 0 bridgehead atoms. The molecule has 2 N–H and O–H groups in total. The van der Waals surface area contributed by atoms with Crippen LogP contribution < -0.4 is 10.6 Å². The van der Waals surface area contributed by atoms with E-state index in [1.165, 1.54) is 6.42 Å². The highest BCUT2D eigenvalue weighted by Gasteiger charge is 2.69. The Labute approximate surface area is 240 Å². The molecule has 1 saturated heterocycles.